The van der Waals surface area contributed by atoms with E-state index in [1.807, 2.05) is 20.8 Å². The number of hydrogen-bond acceptors (Lipinski definition) is 6. The van der Waals surface area contributed by atoms with Gasteiger partial charge in [0.1, 0.15) is 18.1 Å². The van der Waals surface area contributed by atoms with Gasteiger partial charge in [-0.2, -0.15) is 0 Å². The zero-order valence-corrected chi connectivity index (χ0v) is 17.2. The van der Waals surface area contributed by atoms with Crippen LogP contribution in [-0.2, 0) is 19.2 Å². The molecular formula is C18H34N4O6. The van der Waals surface area contributed by atoms with Gasteiger partial charge in [0.2, 0.25) is 17.7 Å². The predicted molar refractivity (Wildman–Crippen MR) is 103 cm³/mol. The lowest BCUT2D eigenvalue weighted by molar-refractivity contribution is -0.143. The lowest BCUT2D eigenvalue weighted by Crippen LogP contribution is -2.59. The van der Waals surface area contributed by atoms with E-state index in [-0.39, 0.29) is 18.3 Å². The smallest absolute Gasteiger partial charge is 0.326 e. The zero-order chi connectivity index (χ0) is 22.0. The molecule has 5 unspecified atom stereocenters. The number of carboxylic acid groups (broad SMARTS) is 1. The maximum Gasteiger partial charge on any atom is 0.326 e. The molecule has 0 spiro atoms. The van der Waals surface area contributed by atoms with Gasteiger partial charge in [0.25, 0.3) is 0 Å². The topological polar surface area (TPSA) is 171 Å². The number of amides is 3. The monoisotopic (exact) mass is 402 g/mol. The van der Waals surface area contributed by atoms with Gasteiger partial charge >= 0.3 is 5.97 Å². The van der Waals surface area contributed by atoms with Crippen molar-refractivity contribution in [3.63, 3.8) is 0 Å². The Morgan fingerprint density at radius 1 is 0.893 bits per heavy atom. The minimum absolute atomic E-state index is 0.0202. The van der Waals surface area contributed by atoms with Gasteiger partial charge in [-0.1, -0.05) is 34.1 Å². The molecule has 0 radical (unpaired) electrons. The second-order valence-electron chi connectivity index (χ2n) is 7.43. The normalized spacial score (nSPS) is 16.4. The largest absolute Gasteiger partial charge is 0.480 e. The number of carbonyl (C=O) groups is 4. The molecule has 0 aliphatic carbocycles. The lowest BCUT2D eigenvalue weighted by atomic mass is 9.97. The van der Waals surface area contributed by atoms with Crippen molar-refractivity contribution in [2.45, 2.75) is 71.6 Å². The van der Waals surface area contributed by atoms with Crippen LogP contribution in [0.25, 0.3) is 0 Å². The van der Waals surface area contributed by atoms with Crippen LogP contribution in [0.3, 0.4) is 0 Å². The van der Waals surface area contributed by atoms with Crippen molar-refractivity contribution in [2.75, 3.05) is 6.61 Å². The number of aliphatic hydroxyl groups excluding tert-OH is 1. The van der Waals surface area contributed by atoms with E-state index in [0.717, 1.165) is 0 Å². The first-order valence-corrected chi connectivity index (χ1v) is 9.44. The number of rotatable bonds is 12. The SMILES string of the molecule is CCC(C)C(NC(=O)C(C)N)C(=O)NC(CO)C(=O)NC(CC(C)C)C(=O)O. The maximum atomic E-state index is 12.6. The summed E-state index contributed by atoms with van der Waals surface area (Å²) in [5.41, 5.74) is 5.52. The fourth-order valence-corrected chi connectivity index (χ4v) is 2.41. The van der Waals surface area contributed by atoms with E-state index >= 15 is 0 Å². The van der Waals surface area contributed by atoms with Crippen molar-refractivity contribution in [1.29, 1.82) is 0 Å². The van der Waals surface area contributed by atoms with Gasteiger partial charge < -0.3 is 31.9 Å². The average Bonchev–Trinajstić information content (AvgIpc) is 2.61. The van der Waals surface area contributed by atoms with E-state index in [1.54, 1.807) is 6.92 Å². The Morgan fingerprint density at radius 2 is 1.43 bits per heavy atom. The molecule has 0 aromatic heterocycles. The third-order valence-corrected chi connectivity index (χ3v) is 4.34. The summed E-state index contributed by atoms with van der Waals surface area (Å²) >= 11 is 0. The van der Waals surface area contributed by atoms with Gasteiger partial charge in [0.05, 0.1) is 12.6 Å². The fourth-order valence-electron chi connectivity index (χ4n) is 2.41. The van der Waals surface area contributed by atoms with Crippen LogP contribution < -0.4 is 21.7 Å². The van der Waals surface area contributed by atoms with Crippen LogP contribution in [0.1, 0.15) is 47.5 Å². The summed E-state index contributed by atoms with van der Waals surface area (Å²) in [5.74, 6) is -3.43. The van der Waals surface area contributed by atoms with E-state index in [1.165, 1.54) is 6.92 Å². The Kier molecular flexibility index (Phi) is 11.3. The molecule has 162 valence electrons. The Labute approximate surface area is 165 Å². The fraction of sp³-hybridized carbons (Fsp3) is 0.778. The quantitative estimate of drug-likeness (QED) is 0.242. The number of nitrogens with two attached hydrogens (primary N) is 1. The van der Waals surface area contributed by atoms with Crippen LogP contribution >= 0.6 is 0 Å². The van der Waals surface area contributed by atoms with E-state index in [2.05, 4.69) is 16.0 Å². The number of carbonyl (C=O) groups excluding carboxylic acids is 3. The first-order chi connectivity index (χ1) is 12.9. The molecule has 10 nitrogen and oxygen atoms in total. The summed E-state index contributed by atoms with van der Waals surface area (Å²) in [4.78, 5) is 48.1. The van der Waals surface area contributed by atoms with Crippen LogP contribution in [0.2, 0.25) is 0 Å². The third-order valence-electron chi connectivity index (χ3n) is 4.34. The van der Waals surface area contributed by atoms with Crippen molar-refractivity contribution in [2.24, 2.45) is 17.6 Å². The van der Waals surface area contributed by atoms with Gasteiger partial charge in [-0.05, 0) is 25.2 Å². The number of carboxylic acids is 1. The molecule has 28 heavy (non-hydrogen) atoms. The van der Waals surface area contributed by atoms with Crippen LogP contribution in [-0.4, -0.2) is 64.7 Å². The molecule has 7 N–H and O–H groups in total. The van der Waals surface area contributed by atoms with Crippen molar-refractivity contribution in [3.8, 4) is 0 Å². The highest BCUT2D eigenvalue weighted by Gasteiger charge is 2.31. The standard InChI is InChI=1S/C18H34N4O6/c1-6-10(4)14(22-15(24)11(5)19)17(26)21-13(8-23)16(25)20-12(18(27)28)7-9(2)3/h9-14,23H,6-8,19H2,1-5H3,(H,20,25)(H,21,26)(H,22,24)(H,27,28). The summed E-state index contributed by atoms with van der Waals surface area (Å²) in [6, 6.07) is -4.25. The van der Waals surface area contributed by atoms with Crippen LogP contribution in [0.5, 0.6) is 0 Å². The molecule has 5 atom stereocenters. The highest BCUT2D eigenvalue weighted by Crippen LogP contribution is 2.09. The summed E-state index contributed by atoms with van der Waals surface area (Å²) < 4.78 is 0. The first kappa shape index (κ1) is 25.8. The first-order valence-electron chi connectivity index (χ1n) is 9.44. The van der Waals surface area contributed by atoms with Crippen molar-refractivity contribution in [1.82, 2.24) is 16.0 Å². The minimum Gasteiger partial charge on any atom is -0.480 e. The molecule has 0 bridgehead atoms. The zero-order valence-electron chi connectivity index (χ0n) is 17.2. The molecule has 0 aliphatic rings. The number of aliphatic hydroxyl groups is 1. The van der Waals surface area contributed by atoms with Gasteiger partial charge in [-0.25, -0.2) is 4.79 Å². The summed E-state index contributed by atoms with van der Waals surface area (Å²) in [6.07, 6.45) is 0.774. The third kappa shape index (κ3) is 8.66. The van der Waals surface area contributed by atoms with Crippen molar-refractivity contribution < 1.29 is 29.4 Å². The number of hydrogen-bond donors (Lipinski definition) is 6. The molecule has 0 aromatic rings. The van der Waals surface area contributed by atoms with E-state index in [0.29, 0.717) is 6.42 Å². The van der Waals surface area contributed by atoms with Gasteiger partial charge in [0.15, 0.2) is 0 Å². The Bertz CT molecular complexity index is 552. The van der Waals surface area contributed by atoms with Crippen LogP contribution in [0.15, 0.2) is 0 Å². The highest BCUT2D eigenvalue weighted by molar-refractivity contribution is 5.94. The van der Waals surface area contributed by atoms with Gasteiger partial charge in [-0.15, -0.1) is 0 Å². The maximum absolute atomic E-state index is 12.6. The molecule has 0 saturated heterocycles. The summed E-state index contributed by atoms with van der Waals surface area (Å²) in [6.45, 7) is 7.97. The van der Waals surface area contributed by atoms with E-state index < -0.39 is 54.5 Å². The van der Waals surface area contributed by atoms with Crippen LogP contribution in [0, 0.1) is 11.8 Å². The average molecular weight is 402 g/mol. The second kappa shape index (κ2) is 12.3. The van der Waals surface area contributed by atoms with E-state index in [9.17, 15) is 29.4 Å². The Balaban J connectivity index is 5.20. The molecule has 10 heteroatoms. The Morgan fingerprint density at radius 3 is 1.82 bits per heavy atom. The molecule has 0 aromatic carbocycles. The molecular weight excluding hydrogens is 368 g/mol. The summed E-state index contributed by atoms with van der Waals surface area (Å²) in [5, 5.41) is 26.0. The Hall–Kier alpha value is -2.20. The minimum atomic E-state index is -1.35. The molecule has 0 fully saturated rings. The second-order valence-corrected chi connectivity index (χ2v) is 7.43. The van der Waals surface area contributed by atoms with Crippen molar-refractivity contribution >= 4 is 23.7 Å². The molecule has 0 heterocycles. The molecule has 3 amide bonds. The molecule has 0 saturated carbocycles. The highest BCUT2D eigenvalue weighted by atomic mass is 16.4. The van der Waals surface area contributed by atoms with Gasteiger partial charge in [0, 0.05) is 0 Å². The predicted octanol–water partition coefficient (Wildman–Crippen LogP) is -1.04. The lowest BCUT2D eigenvalue weighted by Gasteiger charge is -2.27. The van der Waals surface area contributed by atoms with Crippen molar-refractivity contribution in [3.05, 3.63) is 0 Å². The summed E-state index contributed by atoms with van der Waals surface area (Å²) in [7, 11) is 0. The van der Waals surface area contributed by atoms with Gasteiger partial charge in [-0.3, -0.25) is 14.4 Å². The number of aliphatic carboxylic acids is 1. The molecule has 0 rings (SSSR count). The number of nitrogens with one attached hydrogen (secondary N) is 3. The van der Waals surface area contributed by atoms with Crippen LogP contribution in [0.4, 0.5) is 0 Å². The van der Waals surface area contributed by atoms with E-state index in [4.69, 9.17) is 5.73 Å². The molecule has 0 aliphatic heterocycles.